The maximum absolute atomic E-state index is 11.9. The van der Waals surface area contributed by atoms with Gasteiger partial charge in [-0.15, -0.1) is 0 Å². The van der Waals surface area contributed by atoms with Gasteiger partial charge in [-0.3, -0.25) is 14.2 Å². The van der Waals surface area contributed by atoms with Gasteiger partial charge in [-0.1, -0.05) is 13.8 Å². The van der Waals surface area contributed by atoms with Gasteiger partial charge in [0.15, 0.2) is 5.78 Å². The highest BCUT2D eigenvalue weighted by atomic mass is 16.5. The first-order valence-corrected chi connectivity index (χ1v) is 6.34. The van der Waals surface area contributed by atoms with Crippen LogP contribution in [0.5, 0.6) is 0 Å². The number of aromatic amines is 1. The summed E-state index contributed by atoms with van der Waals surface area (Å²) in [4.78, 5) is 37.0. The molecule has 0 aromatic carbocycles. The van der Waals surface area contributed by atoms with Crippen molar-refractivity contribution < 1.29 is 9.53 Å². The molecule has 0 spiro atoms. The zero-order chi connectivity index (χ0) is 14.4. The van der Waals surface area contributed by atoms with Gasteiger partial charge in [-0.25, -0.2) is 4.79 Å². The summed E-state index contributed by atoms with van der Waals surface area (Å²) in [6.45, 7) is 6.49. The third kappa shape index (κ3) is 4.48. The number of hydrogen-bond donors (Lipinski definition) is 1. The standard InChI is InChI=1S/C13H20N2O4/c1-9(2)4-6-19-7-5-15-12(17)11(10(3)16)8-14-13(15)18/h8-9H,4-7H2,1-3H3,(H,14,18). The molecule has 1 rings (SSSR count). The molecule has 0 aliphatic carbocycles. The fraction of sp³-hybridized carbons (Fsp3) is 0.615. The normalized spacial score (nSPS) is 10.9. The molecule has 0 amide bonds. The van der Waals surface area contributed by atoms with E-state index in [9.17, 15) is 14.4 Å². The Morgan fingerprint density at radius 1 is 1.37 bits per heavy atom. The minimum absolute atomic E-state index is 0.0122. The minimum Gasteiger partial charge on any atom is -0.380 e. The van der Waals surface area contributed by atoms with Crippen molar-refractivity contribution >= 4 is 5.78 Å². The monoisotopic (exact) mass is 268 g/mol. The van der Waals surface area contributed by atoms with E-state index in [4.69, 9.17) is 4.74 Å². The molecular formula is C13H20N2O4. The summed E-state index contributed by atoms with van der Waals surface area (Å²) in [5.74, 6) is 0.183. The highest BCUT2D eigenvalue weighted by Gasteiger charge is 2.10. The molecule has 0 unspecified atom stereocenters. The molecule has 19 heavy (non-hydrogen) atoms. The van der Waals surface area contributed by atoms with Gasteiger partial charge in [-0.05, 0) is 19.3 Å². The summed E-state index contributed by atoms with van der Waals surface area (Å²) < 4.78 is 6.35. The quantitative estimate of drug-likeness (QED) is 0.586. The lowest BCUT2D eigenvalue weighted by molar-refractivity contribution is 0.101. The molecule has 0 radical (unpaired) electrons. The molecule has 0 aliphatic rings. The number of aromatic nitrogens is 2. The SMILES string of the molecule is CC(=O)c1c[nH]c(=O)n(CCOCCC(C)C)c1=O. The first kappa shape index (κ1) is 15.4. The molecule has 106 valence electrons. The van der Waals surface area contributed by atoms with Gasteiger partial charge >= 0.3 is 5.69 Å². The lowest BCUT2D eigenvalue weighted by atomic mass is 10.1. The van der Waals surface area contributed by atoms with E-state index in [0.717, 1.165) is 17.2 Å². The highest BCUT2D eigenvalue weighted by molar-refractivity contribution is 5.93. The molecule has 6 heteroatoms. The van der Waals surface area contributed by atoms with Crippen LogP contribution in [0.25, 0.3) is 0 Å². The Balaban J connectivity index is 2.68. The van der Waals surface area contributed by atoms with Crippen LogP contribution in [0.15, 0.2) is 15.8 Å². The first-order valence-electron chi connectivity index (χ1n) is 6.34. The van der Waals surface area contributed by atoms with E-state index in [0.29, 0.717) is 12.5 Å². The summed E-state index contributed by atoms with van der Waals surface area (Å²) in [7, 11) is 0. The third-order valence-electron chi connectivity index (χ3n) is 2.74. The van der Waals surface area contributed by atoms with E-state index < -0.39 is 11.2 Å². The molecule has 1 aromatic heterocycles. The van der Waals surface area contributed by atoms with Crippen LogP contribution in [-0.2, 0) is 11.3 Å². The average molecular weight is 268 g/mol. The minimum atomic E-state index is -0.566. The van der Waals surface area contributed by atoms with E-state index >= 15 is 0 Å². The van der Waals surface area contributed by atoms with E-state index in [-0.39, 0.29) is 24.5 Å². The van der Waals surface area contributed by atoms with Gasteiger partial charge in [0, 0.05) is 12.8 Å². The van der Waals surface area contributed by atoms with Crippen LogP contribution in [0.3, 0.4) is 0 Å². The largest absolute Gasteiger partial charge is 0.380 e. The van der Waals surface area contributed by atoms with Crippen molar-refractivity contribution in [1.82, 2.24) is 9.55 Å². The molecular weight excluding hydrogens is 248 g/mol. The Bertz CT molecular complexity index is 542. The molecule has 6 nitrogen and oxygen atoms in total. The van der Waals surface area contributed by atoms with Crippen molar-refractivity contribution in [3.63, 3.8) is 0 Å². The van der Waals surface area contributed by atoms with Gasteiger partial charge in [0.1, 0.15) is 0 Å². The van der Waals surface area contributed by atoms with Crippen LogP contribution in [0.1, 0.15) is 37.6 Å². The van der Waals surface area contributed by atoms with E-state index in [2.05, 4.69) is 18.8 Å². The summed E-state index contributed by atoms with van der Waals surface area (Å²) in [6.07, 6.45) is 2.09. The Labute approximate surface area is 111 Å². The zero-order valence-electron chi connectivity index (χ0n) is 11.6. The zero-order valence-corrected chi connectivity index (χ0v) is 11.6. The van der Waals surface area contributed by atoms with Crippen LogP contribution in [0, 0.1) is 5.92 Å². The Kier molecular flexibility index (Phi) is 5.69. The topological polar surface area (TPSA) is 81.2 Å². The predicted molar refractivity (Wildman–Crippen MR) is 71.6 cm³/mol. The number of ether oxygens (including phenoxy) is 1. The van der Waals surface area contributed by atoms with Crippen molar-refractivity contribution in [2.24, 2.45) is 5.92 Å². The highest BCUT2D eigenvalue weighted by Crippen LogP contribution is 1.98. The molecule has 0 saturated heterocycles. The second-order valence-electron chi connectivity index (χ2n) is 4.82. The fourth-order valence-electron chi connectivity index (χ4n) is 1.54. The van der Waals surface area contributed by atoms with Gasteiger partial charge in [0.25, 0.3) is 5.56 Å². The maximum Gasteiger partial charge on any atom is 0.328 e. The molecule has 1 aromatic rings. The number of hydrogen-bond acceptors (Lipinski definition) is 4. The smallest absolute Gasteiger partial charge is 0.328 e. The summed E-state index contributed by atoms with van der Waals surface area (Å²) in [5.41, 5.74) is -1.10. The number of nitrogens with one attached hydrogen (secondary N) is 1. The number of carbonyl (C=O) groups excluding carboxylic acids is 1. The molecule has 1 heterocycles. The molecule has 0 aliphatic heterocycles. The molecule has 0 fully saturated rings. The van der Waals surface area contributed by atoms with Crippen LogP contribution in [0.2, 0.25) is 0 Å². The second-order valence-corrected chi connectivity index (χ2v) is 4.82. The van der Waals surface area contributed by atoms with E-state index in [1.807, 2.05) is 0 Å². The van der Waals surface area contributed by atoms with Gasteiger partial charge in [-0.2, -0.15) is 0 Å². The number of Topliss-reactive ketones (excluding diaryl/α,β-unsaturated/α-hetero) is 1. The number of carbonyl (C=O) groups is 1. The molecule has 0 bridgehead atoms. The van der Waals surface area contributed by atoms with Crippen molar-refractivity contribution in [2.75, 3.05) is 13.2 Å². The first-order chi connectivity index (χ1) is 8.93. The molecule has 1 N–H and O–H groups in total. The second kappa shape index (κ2) is 7.04. The van der Waals surface area contributed by atoms with E-state index in [1.54, 1.807) is 0 Å². The summed E-state index contributed by atoms with van der Waals surface area (Å²) in [6, 6.07) is 0. The Hall–Kier alpha value is -1.69. The van der Waals surface area contributed by atoms with Crippen LogP contribution < -0.4 is 11.2 Å². The third-order valence-corrected chi connectivity index (χ3v) is 2.74. The predicted octanol–water partition coefficient (Wildman–Crippen LogP) is 0.802. The lowest BCUT2D eigenvalue weighted by Gasteiger charge is -2.08. The van der Waals surface area contributed by atoms with E-state index in [1.165, 1.54) is 6.92 Å². The Morgan fingerprint density at radius 2 is 2.05 bits per heavy atom. The van der Waals surface area contributed by atoms with Crippen LogP contribution >= 0.6 is 0 Å². The fourth-order valence-corrected chi connectivity index (χ4v) is 1.54. The van der Waals surface area contributed by atoms with Crippen molar-refractivity contribution in [3.05, 3.63) is 32.6 Å². The van der Waals surface area contributed by atoms with Crippen LogP contribution in [0.4, 0.5) is 0 Å². The number of nitrogens with zero attached hydrogens (tertiary/aromatic N) is 1. The van der Waals surface area contributed by atoms with Crippen molar-refractivity contribution in [2.45, 2.75) is 33.7 Å². The van der Waals surface area contributed by atoms with Crippen molar-refractivity contribution in [3.8, 4) is 0 Å². The maximum atomic E-state index is 11.9. The summed E-state index contributed by atoms with van der Waals surface area (Å²) >= 11 is 0. The molecule has 0 saturated carbocycles. The molecule has 0 atom stereocenters. The van der Waals surface area contributed by atoms with Gasteiger partial charge < -0.3 is 9.72 Å². The average Bonchev–Trinajstić information content (AvgIpc) is 2.31. The van der Waals surface area contributed by atoms with Crippen molar-refractivity contribution in [1.29, 1.82) is 0 Å². The number of H-pyrrole nitrogens is 1. The number of ketones is 1. The lowest BCUT2D eigenvalue weighted by Crippen LogP contribution is -2.38. The number of rotatable bonds is 7. The summed E-state index contributed by atoms with van der Waals surface area (Å²) in [5, 5.41) is 0. The van der Waals surface area contributed by atoms with Gasteiger partial charge in [0.2, 0.25) is 0 Å². The van der Waals surface area contributed by atoms with Gasteiger partial charge in [0.05, 0.1) is 18.7 Å². The van der Waals surface area contributed by atoms with Crippen LogP contribution in [-0.4, -0.2) is 28.5 Å². The Morgan fingerprint density at radius 3 is 2.63 bits per heavy atom.